The van der Waals surface area contributed by atoms with Crippen LogP contribution in [-0.2, 0) is 9.47 Å². The Morgan fingerprint density at radius 1 is 1.28 bits per heavy atom. The van der Waals surface area contributed by atoms with Gasteiger partial charge in [-0.2, -0.15) is 0 Å². The van der Waals surface area contributed by atoms with E-state index >= 15 is 0 Å². The van der Waals surface area contributed by atoms with Crippen molar-refractivity contribution in [3.63, 3.8) is 0 Å². The van der Waals surface area contributed by atoms with Gasteiger partial charge in [0, 0.05) is 13.2 Å². The molecule has 1 aromatic carbocycles. The molecule has 1 saturated heterocycles. The smallest absolute Gasteiger partial charge is 0.0665 e. The molecule has 0 saturated carbocycles. The Balaban J connectivity index is 1.86. The molecule has 3 heteroatoms. The Morgan fingerprint density at radius 2 is 1.94 bits per heavy atom. The number of hydrogen-bond donors (Lipinski definition) is 1. The van der Waals surface area contributed by atoms with Crippen LogP contribution in [0.15, 0.2) is 24.3 Å². The van der Waals surface area contributed by atoms with E-state index in [0.717, 1.165) is 32.7 Å². The first-order valence-electron chi connectivity index (χ1n) is 6.73. The Bertz CT molecular complexity index is 344. The molecule has 1 N–H and O–H groups in total. The first-order chi connectivity index (χ1) is 8.79. The topological polar surface area (TPSA) is 30.5 Å². The second-order valence-electron chi connectivity index (χ2n) is 4.90. The summed E-state index contributed by atoms with van der Waals surface area (Å²) in [4.78, 5) is 0. The molecule has 0 bridgehead atoms. The molecule has 1 unspecified atom stereocenters. The first-order valence-corrected chi connectivity index (χ1v) is 6.73. The summed E-state index contributed by atoms with van der Waals surface area (Å²) in [5.74, 6) is 0. The van der Waals surface area contributed by atoms with Gasteiger partial charge in [-0.3, -0.25) is 0 Å². The van der Waals surface area contributed by atoms with Crippen molar-refractivity contribution in [1.82, 2.24) is 5.32 Å². The van der Waals surface area contributed by atoms with Crippen LogP contribution in [0.3, 0.4) is 0 Å². The van der Waals surface area contributed by atoms with Gasteiger partial charge in [-0.25, -0.2) is 0 Å². The maximum Gasteiger partial charge on any atom is 0.0665 e. The normalized spacial score (nSPS) is 18.8. The molecule has 1 aliphatic rings. The Hall–Kier alpha value is -0.900. The highest BCUT2D eigenvalue weighted by molar-refractivity contribution is 5.24. The fourth-order valence-corrected chi connectivity index (χ4v) is 2.22. The second kappa shape index (κ2) is 6.88. The van der Waals surface area contributed by atoms with Gasteiger partial charge in [-0.15, -0.1) is 0 Å². The highest BCUT2D eigenvalue weighted by Crippen LogP contribution is 2.17. The standard InChI is InChI=1S/C15H23NO2/c1-12-3-5-13(6-4-12)15(16-2)11-18-14-7-9-17-10-8-14/h3-6,14-16H,7-11H2,1-2H3. The zero-order valence-electron chi connectivity index (χ0n) is 11.3. The van der Waals surface area contributed by atoms with Crippen molar-refractivity contribution in [1.29, 1.82) is 0 Å². The van der Waals surface area contributed by atoms with Gasteiger partial charge >= 0.3 is 0 Å². The molecular formula is C15H23NO2. The maximum absolute atomic E-state index is 5.98. The van der Waals surface area contributed by atoms with Gasteiger partial charge in [-0.1, -0.05) is 29.8 Å². The lowest BCUT2D eigenvalue weighted by Crippen LogP contribution is -2.28. The number of ether oxygens (including phenoxy) is 2. The van der Waals surface area contributed by atoms with Gasteiger partial charge in [0.1, 0.15) is 0 Å². The number of likely N-dealkylation sites (N-methyl/N-ethyl adjacent to an activating group) is 1. The lowest BCUT2D eigenvalue weighted by molar-refractivity contribution is -0.0378. The summed E-state index contributed by atoms with van der Waals surface area (Å²) < 4.78 is 11.3. The predicted octanol–water partition coefficient (Wildman–Crippen LogP) is 2.45. The average molecular weight is 249 g/mol. The Morgan fingerprint density at radius 3 is 2.56 bits per heavy atom. The number of hydrogen-bond acceptors (Lipinski definition) is 3. The van der Waals surface area contributed by atoms with Crippen LogP contribution >= 0.6 is 0 Å². The molecule has 1 aliphatic heterocycles. The van der Waals surface area contributed by atoms with Crippen LogP contribution in [0.25, 0.3) is 0 Å². The van der Waals surface area contributed by atoms with Crippen molar-refractivity contribution in [3.05, 3.63) is 35.4 Å². The monoisotopic (exact) mass is 249 g/mol. The van der Waals surface area contributed by atoms with Crippen LogP contribution in [0.2, 0.25) is 0 Å². The van der Waals surface area contributed by atoms with E-state index in [1.54, 1.807) is 0 Å². The van der Waals surface area contributed by atoms with Crippen molar-refractivity contribution < 1.29 is 9.47 Å². The number of benzene rings is 1. The van der Waals surface area contributed by atoms with Crippen molar-refractivity contribution in [2.45, 2.75) is 31.9 Å². The summed E-state index contributed by atoms with van der Waals surface area (Å²) in [5, 5.41) is 3.32. The minimum atomic E-state index is 0.272. The van der Waals surface area contributed by atoms with Gasteiger partial charge < -0.3 is 14.8 Å². The Labute approximate surface area is 109 Å². The fourth-order valence-electron chi connectivity index (χ4n) is 2.22. The summed E-state index contributed by atoms with van der Waals surface area (Å²) in [6.45, 7) is 4.50. The minimum Gasteiger partial charge on any atom is -0.381 e. The quantitative estimate of drug-likeness (QED) is 0.869. The summed E-state index contributed by atoms with van der Waals surface area (Å²) in [6, 6.07) is 8.91. The molecular weight excluding hydrogens is 226 g/mol. The fraction of sp³-hybridized carbons (Fsp3) is 0.600. The Kier molecular flexibility index (Phi) is 5.17. The van der Waals surface area contributed by atoms with E-state index in [-0.39, 0.29) is 6.04 Å². The molecule has 1 heterocycles. The van der Waals surface area contributed by atoms with Crippen molar-refractivity contribution >= 4 is 0 Å². The first kappa shape index (κ1) is 13.5. The van der Waals surface area contributed by atoms with Crippen molar-refractivity contribution in [2.75, 3.05) is 26.9 Å². The molecule has 2 rings (SSSR count). The third kappa shape index (κ3) is 3.80. The van der Waals surface area contributed by atoms with Crippen LogP contribution in [0, 0.1) is 6.92 Å². The second-order valence-corrected chi connectivity index (χ2v) is 4.90. The summed E-state index contributed by atoms with van der Waals surface area (Å²) in [5.41, 5.74) is 2.58. The van der Waals surface area contributed by atoms with E-state index in [9.17, 15) is 0 Å². The number of nitrogens with one attached hydrogen (secondary N) is 1. The molecule has 18 heavy (non-hydrogen) atoms. The summed E-state index contributed by atoms with van der Waals surface area (Å²) >= 11 is 0. The highest BCUT2D eigenvalue weighted by Gasteiger charge is 2.17. The molecule has 0 amide bonds. The SMILES string of the molecule is CNC(COC1CCOCC1)c1ccc(C)cc1. The molecule has 0 aromatic heterocycles. The molecule has 3 nitrogen and oxygen atoms in total. The molecule has 0 aliphatic carbocycles. The molecule has 1 atom stereocenters. The van der Waals surface area contributed by atoms with Crippen LogP contribution in [0.1, 0.15) is 30.0 Å². The van der Waals surface area contributed by atoms with Crippen LogP contribution < -0.4 is 5.32 Å². The number of aryl methyl sites for hydroxylation is 1. The van der Waals surface area contributed by atoms with E-state index in [4.69, 9.17) is 9.47 Å². The van der Waals surface area contributed by atoms with E-state index in [1.807, 2.05) is 7.05 Å². The van der Waals surface area contributed by atoms with E-state index in [0.29, 0.717) is 6.10 Å². The lowest BCUT2D eigenvalue weighted by atomic mass is 10.1. The zero-order valence-corrected chi connectivity index (χ0v) is 11.3. The third-order valence-electron chi connectivity index (χ3n) is 3.50. The summed E-state index contributed by atoms with van der Waals surface area (Å²) in [6.07, 6.45) is 2.40. The van der Waals surface area contributed by atoms with Gasteiger partial charge in [0.05, 0.1) is 18.8 Å². The summed E-state index contributed by atoms with van der Waals surface area (Å²) in [7, 11) is 1.98. The third-order valence-corrected chi connectivity index (χ3v) is 3.50. The van der Waals surface area contributed by atoms with E-state index in [1.165, 1.54) is 11.1 Å². The van der Waals surface area contributed by atoms with Crippen molar-refractivity contribution in [2.24, 2.45) is 0 Å². The van der Waals surface area contributed by atoms with Gasteiger partial charge in [0.2, 0.25) is 0 Å². The minimum absolute atomic E-state index is 0.272. The number of rotatable bonds is 5. The predicted molar refractivity (Wildman–Crippen MR) is 72.8 cm³/mol. The van der Waals surface area contributed by atoms with Crippen LogP contribution in [-0.4, -0.2) is 33.0 Å². The van der Waals surface area contributed by atoms with Gasteiger partial charge in [-0.05, 0) is 32.4 Å². The molecule has 0 spiro atoms. The van der Waals surface area contributed by atoms with E-state index in [2.05, 4.69) is 36.5 Å². The largest absolute Gasteiger partial charge is 0.381 e. The van der Waals surface area contributed by atoms with E-state index < -0.39 is 0 Å². The highest BCUT2D eigenvalue weighted by atomic mass is 16.5. The van der Waals surface area contributed by atoms with Crippen molar-refractivity contribution in [3.8, 4) is 0 Å². The molecule has 1 fully saturated rings. The molecule has 100 valence electrons. The van der Waals surface area contributed by atoms with Gasteiger partial charge in [0.25, 0.3) is 0 Å². The zero-order chi connectivity index (χ0) is 12.8. The van der Waals surface area contributed by atoms with Crippen LogP contribution in [0.5, 0.6) is 0 Å². The average Bonchev–Trinajstić information content (AvgIpc) is 2.42. The van der Waals surface area contributed by atoms with Gasteiger partial charge in [0.15, 0.2) is 0 Å². The lowest BCUT2D eigenvalue weighted by Gasteiger charge is -2.25. The molecule has 1 aromatic rings. The van der Waals surface area contributed by atoms with Crippen LogP contribution in [0.4, 0.5) is 0 Å². The maximum atomic E-state index is 5.98. The molecule has 0 radical (unpaired) electrons.